The number of nitrogens with one attached hydrogen (secondary N) is 1. The molecule has 0 aliphatic carbocycles. The molecule has 144 valence electrons. The third kappa shape index (κ3) is 7.77. The van der Waals surface area contributed by atoms with E-state index in [-0.39, 0.29) is 25.3 Å². The zero-order chi connectivity index (χ0) is 19.7. The van der Waals surface area contributed by atoms with E-state index in [4.69, 9.17) is 5.11 Å². The van der Waals surface area contributed by atoms with Gasteiger partial charge in [-0.1, -0.05) is 60.7 Å². The summed E-state index contributed by atoms with van der Waals surface area (Å²) in [5, 5.41) is 11.3. The van der Waals surface area contributed by atoms with E-state index < -0.39 is 25.2 Å². The number of aliphatic carboxylic acids is 1. The number of rotatable bonds is 10. The fourth-order valence-corrected chi connectivity index (χ4v) is 4.75. The maximum Gasteiger partial charge on any atom is 0.305 e. The molecule has 2 aromatic rings. The molecule has 7 heteroatoms. The minimum Gasteiger partial charge on any atom is -0.481 e. The molecule has 0 radical (unpaired) electrons. The molecular weight excluding hydrogens is 365 g/mol. The van der Waals surface area contributed by atoms with Crippen molar-refractivity contribution in [1.29, 1.82) is 0 Å². The highest BCUT2D eigenvalue weighted by Crippen LogP contribution is 2.46. The van der Waals surface area contributed by atoms with E-state index >= 15 is 0 Å². The Labute approximate surface area is 158 Å². The van der Waals surface area contributed by atoms with E-state index in [9.17, 15) is 19.0 Å². The molecule has 0 spiro atoms. The van der Waals surface area contributed by atoms with E-state index in [0.717, 1.165) is 11.1 Å². The summed E-state index contributed by atoms with van der Waals surface area (Å²) in [6.45, 7) is -0.00608. The minimum absolute atomic E-state index is 0.00152. The van der Waals surface area contributed by atoms with Gasteiger partial charge >= 0.3 is 5.97 Å². The van der Waals surface area contributed by atoms with Crippen LogP contribution in [-0.4, -0.2) is 34.6 Å². The lowest BCUT2D eigenvalue weighted by atomic mass is 10.0. The lowest BCUT2D eigenvalue weighted by molar-refractivity contribution is -0.137. The summed E-state index contributed by atoms with van der Waals surface area (Å²) in [6, 6.07) is 18.3. The van der Waals surface area contributed by atoms with Crippen molar-refractivity contribution < 1.29 is 24.2 Å². The van der Waals surface area contributed by atoms with E-state index in [0.29, 0.717) is 6.42 Å². The van der Waals surface area contributed by atoms with Crippen molar-refractivity contribution in [1.82, 2.24) is 5.32 Å². The van der Waals surface area contributed by atoms with Crippen molar-refractivity contribution in [2.75, 3.05) is 12.7 Å². The van der Waals surface area contributed by atoms with Crippen molar-refractivity contribution in [3.8, 4) is 0 Å². The van der Waals surface area contributed by atoms with Gasteiger partial charge < -0.3 is 15.3 Å². The van der Waals surface area contributed by atoms with Crippen molar-refractivity contribution in [2.45, 2.75) is 19.0 Å². The minimum atomic E-state index is -3.59. The predicted octanol–water partition coefficient (Wildman–Crippen LogP) is 2.91. The number of carboxylic acid groups (broad SMARTS) is 1. The molecule has 0 heterocycles. The normalized spacial score (nSPS) is 14.1. The zero-order valence-electron chi connectivity index (χ0n) is 15.0. The topological polar surface area (TPSA) is 104 Å². The number of hydrogen-bond donors (Lipinski definition) is 3. The van der Waals surface area contributed by atoms with Crippen LogP contribution in [-0.2, 0) is 26.7 Å². The van der Waals surface area contributed by atoms with Crippen LogP contribution in [0.4, 0.5) is 0 Å². The average Bonchev–Trinajstić information content (AvgIpc) is 2.62. The third-order valence-corrected chi connectivity index (χ3v) is 5.98. The van der Waals surface area contributed by atoms with Gasteiger partial charge in [-0.2, -0.15) is 0 Å². The Balaban J connectivity index is 2.09. The van der Waals surface area contributed by atoms with Gasteiger partial charge in [0, 0.05) is 18.9 Å². The van der Waals surface area contributed by atoms with Crippen molar-refractivity contribution >= 4 is 19.2 Å². The molecule has 2 atom stereocenters. The van der Waals surface area contributed by atoms with Gasteiger partial charge in [0.05, 0.1) is 12.3 Å². The van der Waals surface area contributed by atoms with Crippen LogP contribution in [0.25, 0.3) is 0 Å². The molecule has 1 amide bonds. The highest BCUT2D eigenvalue weighted by Gasteiger charge is 2.29. The molecule has 2 unspecified atom stereocenters. The number of hydrogen-bond acceptors (Lipinski definition) is 3. The van der Waals surface area contributed by atoms with Gasteiger partial charge in [-0.25, -0.2) is 0 Å². The summed E-state index contributed by atoms with van der Waals surface area (Å²) in [4.78, 5) is 33.6. The van der Waals surface area contributed by atoms with Gasteiger partial charge in [0.1, 0.15) is 0 Å². The molecule has 0 bridgehead atoms. The fourth-order valence-electron chi connectivity index (χ4n) is 2.85. The van der Waals surface area contributed by atoms with Crippen LogP contribution >= 0.6 is 7.37 Å². The molecule has 2 aromatic carbocycles. The summed E-state index contributed by atoms with van der Waals surface area (Å²) in [6.07, 6.45) is -0.0269. The van der Waals surface area contributed by atoms with Crippen molar-refractivity contribution in [3.63, 3.8) is 0 Å². The molecule has 27 heavy (non-hydrogen) atoms. The summed E-state index contributed by atoms with van der Waals surface area (Å²) in [5.74, 6) is -2.12. The Bertz CT molecular complexity index is 795. The molecular formula is C20H24NO5P. The standard InChI is InChI=1S/C20H24NO5P/c22-19(23)11-12-21-20(24)18(13-16-7-3-1-4-8-16)15-27(25,26)14-17-9-5-2-6-10-17/h1-10,18H,11-15H2,(H,21,24)(H,22,23)(H,25,26). The first-order valence-electron chi connectivity index (χ1n) is 8.74. The van der Waals surface area contributed by atoms with Crippen molar-refractivity contribution in [2.24, 2.45) is 5.92 Å². The Morgan fingerprint density at radius 2 is 1.52 bits per heavy atom. The van der Waals surface area contributed by atoms with Crippen LogP contribution in [0.15, 0.2) is 60.7 Å². The molecule has 0 aromatic heterocycles. The predicted molar refractivity (Wildman–Crippen MR) is 104 cm³/mol. The fraction of sp³-hybridized carbons (Fsp3) is 0.300. The number of benzene rings is 2. The monoisotopic (exact) mass is 389 g/mol. The van der Waals surface area contributed by atoms with Crippen molar-refractivity contribution in [3.05, 3.63) is 71.8 Å². The number of amides is 1. The van der Waals surface area contributed by atoms with Gasteiger partial charge in [-0.3, -0.25) is 14.2 Å². The second-order valence-corrected chi connectivity index (χ2v) is 8.87. The van der Waals surface area contributed by atoms with E-state index in [2.05, 4.69) is 5.32 Å². The number of carbonyl (C=O) groups is 2. The number of carbonyl (C=O) groups excluding carboxylic acids is 1. The lowest BCUT2D eigenvalue weighted by Gasteiger charge is -2.20. The third-order valence-electron chi connectivity index (χ3n) is 4.11. The summed E-state index contributed by atoms with van der Waals surface area (Å²) in [7, 11) is -3.59. The van der Waals surface area contributed by atoms with E-state index in [1.165, 1.54) is 0 Å². The Hall–Kier alpha value is -2.43. The Morgan fingerprint density at radius 3 is 2.07 bits per heavy atom. The summed E-state index contributed by atoms with van der Waals surface area (Å²) in [5.41, 5.74) is 1.63. The first-order valence-corrected chi connectivity index (χ1v) is 10.8. The molecule has 2 rings (SSSR count). The van der Waals surface area contributed by atoms with Crippen LogP contribution in [0, 0.1) is 5.92 Å². The van der Waals surface area contributed by atoms with Crippen LogP contribution < -0.4 is 5.32 Å². The molecule has 3 N–H and O–H groups in total. The second-order valence-electron chi connectivity index (χ2n) is 6.49. The van der Waals surface area contributed by atoms with Gasteiger partial charge in [0.25, 0.3) is 0 Å². The van der Waals surface area contributed by atoms with Crippen LogP contribution in [0.3, 0.4) is 0 Å². The van der Waals surface area contributed by atoms with Crippen LogP contribution in [0.1, 0.15) is 17.5 Å². The first kappa shape index (κ1) is 20.9. The molecule has 0 aliphatic rings. The quantitative estimate of drug-likeness (QED) is 0.542. The zero-order valence-corrected chi connectivity index (χ0v) is 15.8. The molecule has 0 saturated carbocycles. The molecule has 0 aliphatic heterocycles. The summed E-state index contributed by atoms with van der Waals surface area (Å²) < 4.78 is 12.8. The van der Waals surface area contributed by atoms with Crippen LogP contribution in [0.2, 0.25) is 0 Å². The molecule has 0 fully saturated rings. The smallest absolute Gasteiger partial charge is 0.305 e. The second kappa shape index (κ2) is 10.0. The largest absolute Gasteiger partial charge is 0.481 e. The van der Waals surface area contributed by atoms with Gasteiger partial charge in [0.2, 0.25) is 13.3 Å². The average molecular weight is 389 g/mol. The lowest BCUT2D eigenvalue weighted by Crippen LogP contribution is -2.35. The van der Waals surface area contributed by atoms with Gasteiger partial charge in [-0.15, -0.1) is 0 Å². The number of carboxylic acids is 1. The highest BCUT2D eigenvalue weighted by molar-refractivity contribution is 7.57. The maximum atomic E-state index is 12.8. The maximum absolute atomic E-state index is 12.8. The SMILES string of the molecule is O=C(O)CCNC(=O)C(Cc1ccccc1)CP(=O)(O)Cc1ccccc1. The Morgan fingerprint density at radius 1 is 0.963 bits per heavy atom. The van der Waals surface area contributed by atoms with E-state index in [1.807, 2.05) is 36.4 Å². The Kier molecular flexibility index (Phi) is 7.77. The van der Waals surface area contributed by atoms with Gasteiger partial charge in [0.15, 0.2) is 0 Å². The van der Waals surface area contributed by atoms with Crippen LogP contribution in [0.5, 0.6) is 0 Å². The molecule has 6 nitrogen and oxygen atoms in total. The first-order chi connectivity index (χ1) is 12.9. The highest BCUT2D eigenvalue weighted by atomic mass is 31.2. The van der Waals surface area contributed by atoms with E-state index in [1.54, 1.807) is 24.3 Å². The summed E-state index contributed by atoms with van der Waals surface area (Å²) >= 11 is 0. The van der Waals surface area contributed by atoms with Gasteiger partial charge in [-0.05, 0) is 17.5 Å². The molecule has 0 saturated heterocycles.